The highest BCUT2D eigenvalue weighted by atomic mass is 19.4. The molecule has 0 fully saturated rings. The van der Waals surface area contributed by atoms with Crippen molar-refractivity contribution in [3.63, 3.8) is 0 Å². The minimum atomic E-state index is -4.61. The van der Waals surface area contributed by atoms with Gasteiger partial charge in [0.05, 0.1) is 18.6 Å². The zero-order valence-corrected chi connectivity index (χ0v) is 15.9. The number of anilines is 1. The predicted octanol–water partition coefficient (Wildman–Crippen LogP) is 3.28. The van der Waals surface area contributed by atoms with Gasteiger partial charge < -0.3 is 20.1 Å². The molecule has 1 aliphatic rings. The number of nitrogens with one attached hydrogen (secondary N) is 2. The van der Waals surface area contributed by atoms with Crippen molar-refractivity contribution in [1.29, 1.82) is 0 Å². The van der Waals surface area contributed by atoms with Crippen LogP contribution in [0.3, 0.4) is 0 Å². The van der Waals surface area contributed by atoms with E-state index >= 15 is 0 Å². The maximum atomic E-state index is 13.4. The third-order valence-corrected chi connectivity index (χ3v) is 4.74. The number of halogens is 5. The van der Waals surface area contributed by atoms with Gasteiger partial charge in [0.1, 0.15) is 6.04 Å². The van der Waals surface area contributed by atoms with Crippen LogP contribution in [0.5, 0.6) is 0 Å². The molecule has 0 saturated carbocycles. The molecular weight excluding hydrogens is 413 g/mol. The van der Waals surface area contributed by atoms with Gasteiger partial charge in [-0.05, 0) is 26.0 Å². The first-order chi connectivity index (χ1) is 14.0. The average molecular weight is 431 g/mol. The van der Waals surface area contributed by atoms with E-state index in [4.69, 9.17) is 0 Å². The number of urea groups is 1. The van der Waals surface area contributed by atoms with Crippen molar-refractivity contribution in [1.82, 2.24) is 19.8 Å². The van der Waals surface area contributed by atoms with Crippen LogP contribution in [-0.2, 0) is 13.1 Å². The maximum absolute atomic E-state index is 13.4. The summed E-state index contributed by atoms with van der Waals surface area (Å²) in [5, 5.41) is 4.28. The molecule has 162 valence electrons. The Morgan fingerprint density at radius 2 is 1.93 bits per heavy atom. The third-order valence-electron chi connectivity index (χ3n) is 4.74. The second-order valence-electron chi connectivity index (χ2n) is 6.96. The number of benzene rings is 1. The summed E-state index contributed by atoms with van der Waals surface area (Å²) < 4.78 is 66.1. The van der Waals surface area contributed by atoms with Crippen LogP contribution in [0.2, 0.25) is 0 Å². The molecule has 0 saturated heterocycles. The van der Waals surface area contributed by atoms with Crippen LogP contribution in [0.25, 0.3) is 0 Å². The smallest absolute Gasteiger partial charge is 0.339 e. The monoisotopic (exact) mass is 431 g/mol. The molecule has 0 bridgehead atoms. The number of imidazole rings is 1. The maximum Gasteiger partial charge on any atom is 0.408 e. The lowest BCUT2D eigenvalue weighted by Crippen LogP contribution is -2.47. The highest BCUT2D eigenvalue weighted by molar-refractivity contribution is 5.94. The van der Waals surface area contributed by atoms with Crippen molar-refractivity contribution >= 4 is 17.6 Å². The highest BCUT2D eigenvalue weighted by Gasteiger charge is 2.38. The van der Waals surface area contributed by atoms with Crippen LogP contribution in [0, 0.1) is 11.6 Å². The summed E-state index contributed by atoms with van der Waals surface area (Å²) in [5.41, 5.74) is 0.0752. The van der Waals surface area contributed by atoms with E-state index in [1.165, 1.54) is 17.3 Å². The second-order valence-corrected chi connectivity index (χ2v) is 6.96. The largest absolute Gasteiger partial charge is 0.408 e. The van der Waals surface area contributed by atoms with Crippen LogP contribution < -0.4 is 10.6 Å². The summed E-state index contributed by atoms with van der Waals surface area (Å²) in [5.74, 6) is -3.20. The van der Waals surface area contributed by atoms with E-state index in [1.54, 1.807) is 11.5 Å². The lowest BCUT2D eigenvalue weighted by atomic mass is 10.1. The van der Waals surface area contributed by atoms with E-state index < -0.39 is 35.8 Å². The predicted molar refractivity (Wildman–Crippen MR) is 95.6 cm³/mol. The Labute approximate surface area is 167 Å². The van der Waals surface area contributed by atoms with E-state index in [0.717, 1.165) is 19.1 Å². The van der Waals surface area contributed by atoms with E-state index in [-0.39, 0.29) is 36.2 Å². The zero-order valence-electron chi connectivity index (χ0n) is 15.9. The van der Waals surface area contributed by atoms with Gasteiger partial charge in [0.25, 0.3) is 5.91 Å². The quantitative estimate of drug-likeness (QED) is 0.733. The molecule has 1 aromatic heterocycles. The standard InChI is InChI=1S/C18H18F5N5O2/c1-9-6-27-8-24-15(16(29)25-10(2)18(21,22)23)14(27)7-28(9)17(30)26-11-3-4-12(19)13(20)5-11/h3-5,8-10H,6-7H2,1-2H3,(H,25,29)(H,26,30)/t9-,10-/m0/s1. The van der Waals surface area contributed by atoms with Crippen molar-refractivity contribution in [3.05, 3.63) is 47.5 Å². The number of amides is 3. The fourth-order valence-electron chi connectivity index (χ4n) is 3.01. The molecule has 0 aliphatic carbocycles. The molecule has 30 heavy (non-hydrogen) atoms. The number of carbonyl (C=O) groups excluding carboxylic acids is 2. The van der Waals surface area contributed by atoms with Crippen LogP contribution in [0.1, 0.15) is 30.0 Å². The molecule has 12 heteroatoms. The Balaban J connectivity index is 1.77. The van der Waals surface area contributed by atoms with E-state index in [9.17, 15) is 31.5 Å². The highest BCUT2D eigenvalue weighted by Crippen LogP contribution is 2.24. The van der Waals surface area contributed by atoms with Gasteiger partial charge in [-0.15, -0.1) is 0 Å². The van der Waals surface area contributed by atoms with Gasteiger partial charge in [0.2, 0.25) is 0 Å². The SMILES string of the molecule is C[C@H](NC(=O)c1ncn2c1CN(C(=O)Nc1ccc(F)c(F)c1)[C@@H](C)C2)C(F)(F)F. The molecule has 1 aliphatic heterocycles. The molecule has 3 rings (SSSR count). The van der Waals surface area contributed by atoms with Crippen molar-refractivity contribution in [2.45, 2.75) is 45.2 Å². The summed E-state index contributed by atoms with van der Waals surface area (Å²) in [6.45, 7) is 2.67. The van der Waals surface area contributed by atoms with Gasteiger partial charge in [-0.2, -0.15) is 13.2 Å². The molecule has 2 N–H and O–H groups in total. The number of rotatable bonds is 3. The van der Waals surface area contributed by atoms with Crippen molar-refractivity contribution < 1.29 is 31.5 Å². The molecule has 2 aromatic rings. The number of hydrogen-bond acceptors (Lipinski definition) is 3. The van der Waals surface area contributed by atoms with Crippen molar-refractivity contribution in [3.8, 4) is 0 Å². The Bertz CT molecular complexity index is 974. The lowest BCUT2D eigenvalue weighted by molar-refractivity contribution is -0.149. The van der Waals surface area contributed by atoms with Gasteiger partial charge in [-0.25, -0.2) is 18.6 Å². The van der Waals surface area contributed by atoms with Crippen molar-refractivity contribution in [2.75, 3.05) is 5.32 Å². The lowest BCUT2D eigenvalue weighted by Gasteiger charge is -2.34. The summed E-state index contributed by atoms with van der Waals surface area (Å²) in [7, 11) is 0. The Kier molecular flexibility index (Phi) is 5.68. The van der Waals surface area contributed by atoms with Gasteiger partial charge in [0.15, 0.2) is 17.3 Å². The molecule has 7 nitrogen and oxygen atoms in total. The number of alkyl halides is 3. The first-order valence-corrected chi connectivity index (χ1v) is 8.91. The number of fused-ring (bicyclic) bond motifs is 1. The molecular formula is C18H18F5N5O2. The van der Waals surface area contributed by atoms with Gasteiger partial charge >= 0.3 is 12.2 Å². The fourth-order valence-corrected chi connectivity index (χ4v) is 3.01. The molecule has 3 amide bonds. The normalized spacial score (nSPS) is 17.3. The average Bonchev–Trinajstić information content (AvgIpc) is 3.05. The Morgan fingerprint density at radius 3 is 2.57 bits per heavy atom. The van der Waals surface area contributed by atoms with Gasteiger partial charge in [-0.1, -0.05) is 0 Å². The number of nitrogens with zero attached hydrogens (tertiary/aromatic N) is 3. The van der Waals surface area contributed by atoms with Crippen molar-refractivity contribution in [2.24, 2.45) is 0 Å². The van der Waals surface area contributed by atoms with Crippen LogP contribution in [0.15, 0.2) is 24.5 Å². The second kappa shape index (κ2) is 7.92. The van der Waals surface area contributed by atoms with Gasteiger partial charge in [0, 0.05) is 24.3 Å². The first kappa shape index (κ1) is 21.5. The van der Waals surface area contributed by atoms with Crippen LogP contribution in [0.4, 0.5) is 32.4 Å². The number of carbonyl (C=O) groups is 2. The summed E-state index contributed by atoms with van der Waals surface area (Å²) >= 11 is 0. The minimum Gasteiger partial charge on any atom is -0.339 e. The van der Waals surface area contributed by atoms with Crippen LogP contribution >= 0.6 is 0 Å². The number of aromatic nitrogens is 2. The van der Waals surface area contributed by atoms with E-state index in [0.29, 0.717) is 0 Å². The molecule has 2 atom stereocenters. The van der Waals surface area contributed by atoms with E-state index in [1.807, 2.05) is 5.32 Å². The van der Waals surface area contributed by atoms with E-state index in [2.05, 4.69) is 10.3 Å². The van der Waals surface area contributed by atoms with Gasteiger partial charge in [-0.3, -0.25) is 4.79 Å². The first-order valence-electron chi connectivity index (χ1n) is 8.91. The zero-order chi connectivity index (χ0) is 22.2. The molecule has 1 aromatic carbocycles. The third kappa shape index (κ3) is 4.36. The molecule has 0 spiro atoms. The van der Waals surface area contributed by atoms with Crippen LogP contribution in [-0.4, -0.2) is 44.6 Å². The fraction of sp³-hybridized carbons (Fsp3) is 0.389. The molecule has 0 unspecified atom stereocenters. The summed E-state index contributed by atoms with van der Waals surface area (Å²) in [6, 6.07) is -0.199. The molecule has 0 radical (unpaired) electrons. The summed E-state index contributed by atoms with van der Waals surface area (Å²) in [4.78, 5) is 30.1. The number of hydrogen-bond donors (Lipinski definition) is 2. The Morgan fingerprint density at radius 1 is 1.23 bits per heavy atom. The topological polar surface area (TPSA) is 79.3 Å². The Hall–Kier alpha value is -3.18. The minimum absolute atomic E-state index is 0.0298. The summed E-state index contributed by atoms with van der Waals surface area (Å²) in [6.07, 6.45) is -3.29. The molecule has 2 heterocycles.